The van der Waals surface area contributed by atoms with E-state index in [1.807, 2.05) is 6.92 Å². The standard InChI is InChI=1S/C15H18N4OS/c1-9-7-10(8-13(16-2)17-9)14(20)19-15-18-11-5-3-4-6-12(11)21-15/h7-8H,3-6H2,1-2H3,(H,16,17)(H,18,19,20). The third-order valence-corrected chi connectivity index (χ3v) is 4.61. The average Bonchev–Trinajstić information content (AvgIpc) is 2.88. The molecular weight excluding hydrogens is 284 g/mol. The van der Waals surface area contributed by atoms with Crippen molar-refractivity contribution in [3.8, 4) is 0 Å². The summed E-state index contributed by atoms with van der Waals surface area (Å²) in [4.78, 5) is 22.5. The molecule has 0 aliphatic heterocycles. The fourth-order valence-corrected chi connectivity index (χ4v) is 3.55. The molecule has 0 bridgehead atoms. The van der Waals surface area contributed by atoms with Crippen molar-refractivity contribution in [2.24, 2.45) is 0 Å². The van der Waals surface area contributed by atoms with Gasteiger partial charge in [0, 0.05) is 23.2 Å². The molecule has 3 rings (SSSR count). The van der Waals surface area contributed by atoms with Gasteiger partial charge in [-0.25, -0.2) is 9.97 Å². The molecule has 0 saturated heterocycles. The van der Waals surface area contributed by atoms with Gasteiger partial charge in [-0.15, -0.1) is 11.3 Å². The highest BCUT2D eigenvalue weighted by Crippen LogP contribution is 2.29. The van der Waals surface area contributed by atoms with E-state index in [0.717, 1.165) is 24.2 Å². The first-order chi connectivity index (χ1) is 10.2. The Kier molecular flexibility index (Phi) is 3.88. The number of nitrogens with one attached hydrogen (secondary N) is 2. The van der Waals surface area contributed by atoms with Crippen LogP contribution in [-0.2, 0) is 12.8 Å². The third kappa shape index (κ3) is 3.05. The molecule has 21 heavy (non-hydrogen) atoms. The van der Waals surface area contributed by atoms with E-state index in [-0.39, 0.29) is 5.91 Å². The van der Waals surface area contributed by atoms with Crippen LogP contribution in [0, 0.1) is 6.92 Å². The molecule has 1 aliphatic carbocycles. The Balaban J connectivity index is 1.79. The number of hydrogen-bond acceptors (Lipinski definition) is 5. The summed E-state index contributed by atoms with van der Waals surface area (Å²) in [6.07, 6.45) is 4.53. The van der Waals surface area contributed by atoms with E-state index >= 15 is 0 Å². The average molecular weight is 302 g/mol. The van der Waals surface area contributed by atoms with Crippen molar-refractivity contribution >= 4 is 28.2 Å². The second kappa shape index (κ2) is 5.81. The van der Waals surface area contributed by atoms with Gasteiger partial charge in [-0.3, -0.25) is 10.1 Å². The monoisotopic (exact) mass is 302 g/mol. The Bertz CT molecular complexity index is 657. The quantitative estimate of drug-likeness (QED) is 0.914. The second-order valence-electron chi connectivity index (χ2n) is 5.18. The van der Waals surface area contributed by atoms with Crippen LogP contribution in [0.5, 0.6) is 0 Å². The van der Waals surface area contributed by atoms with Gasteiger partial charge in [-0.1, -0.05) is 0 Å². The van der Waals surface area contributed by atoms with Crippen molar-refractivity contribution in [2.45, 2.75) is 32.6 Å². The van der Waals surface area contributed by atoms with Gasteiger partial charge in [0.25, 0.3) is 5.91 Å². The second-order valence-corrected chi connectivity index (χ2v) is 6.27. The molecule has 6 heteroatoms. The van der Waals surface area contributed by atoms with Crippen molar-refractivity contribution < 1.29 is 4.79 Å². The van der Waals surface area contributed by atoms with Crippen LogP contribution in [0.1, 0.15) is 39.5 Å². The predicted octanol–water partition coefficient (Wildman–Crippen LogP) is 3.02. The maximum Gasteiger partial charge on any atom is 0.257 e. The van der Waals surface area contributed by atoms with Crippen LogP contribution in [0.4, 0.5) is 10.9 Å². The molecule has 0 spiro atoms. The summed E-state index contributed by atoms with van der Waals surface area (Å²) < 4.78 is 0. The zero-order chi connectivity index (χ0) is 14.8. The Morgan fingerprint density at radius 2 is 2.05 bits per heavy atom. The van der Waals surface area contributed by atoms with Gasteiger partial charge < -0.3 is 5.32 Å². The Labute approximate surface area is 127 Å². The van der Waals surface area contributed by atoms with Crippen LogP contribution < -0.4 is 10.6 Å². The number of amides is 1. The number of rotatable bonds is 3. The lowest BCUT2D eigenvalue weighted by Gasteiger charge is -2.06. The zero-order valence-corrected chi connectivity index (χ0v) is 13.0. The number of thiazole rings is 1. The van der Waals surface area contributed by atoms with Crippen molar-refractivity contribution in [3.63, 3.8) is 0 Å². The number of anilines is 2. The summed E-state index contributed by atoms with van der Waals surface area (Å²) >= 11 is 1.60. The molecule has 2 N–H and O–H groups in total. The molecule has 5 nitrogen and oxygen atoms in total. The SMILES string of the molecule is CNc1cc(C(=O)Nc2nc3c(s2)CCCC3)cc(C)n1. The van der Waals surface area contributed by atoms with Gasteiger partial charge in [-0.2, -0.15) is 0 Å². The van der Waals surface area contributed by atoms with E-state index in [1.54, 1.807) is 30.5 Å². The van der Waals surface area contributed by atoms with Crippen molar-refractivity contribution in [1.29, 1.82) is 0 Å². The topological polar surface area (TPSA) is 66.9 Å². The summed E-state index contributed by atoms with van der Waals surface area (Å²) in [6, 6.07) is 3.53. The highest BCUT2D eigenvalue weighted by Gasteiger charge is 2.17. The molecular formula is C15H18N4OS. The molecule has 0 aromatic carbocycles. The van der Waals surface area contributed by atoms with E-state index in [2.05, 4.69) is 20.6 Å². The minimum absolute atomic E-state index is 0.136. The van der Waals surface area contributed by atoms with Crippen LogP contribution in [-0.4, -0.2) is 22.9 Å². The first-order valence-electron chi connectivity index (χ1n) is 7.12. The van der Waals surface area contributed by atoms with Crippen LogP contribution in [0.2, 0.25) is 0 Å². The summed E-state index contributed by atoms with van der Waals surface area (Å²) in [7, 11) is 1.79. The van der Waals surface area contributed by atoms with E-state index in [9.17, 15) is 4.79 Å². The highest BCUT2D eigenvalue weighted by molar-refractivity contribution is 7.15. The molecule has 2 aromatic rings. The molecule has 0 unspecified atom stereocenters. The van der Waals surface area contributed by atoms with Crippen LogP contribution in [0.3, 0.4) is 0 Å². The van der Waals surface area contributed by atoms with Crippen LogP contribution in [0.25, 0.3) is 0 Å². The van der Waals surface area contributed by atoms with Crippen molar-refractivity contribution in [3.05, 3.63) is 34.0 Å². The highest BCUT2D eigenvalue weighted by atomic mass is 32.1. The molecule has 0 atom stereocenters. The third-order valence-electron chi connectivity index (χ3n) is 3.54. The predicted molar refractivity (Wildman–Crippen MR) is 85.2 cm³/mol. The number of aryl methyl sites for hydroxylation is 3. The largest absolute Gasteiger partial charge is 0.373 e. The fraction of sp³-hybridized carbons (Fsp3) is 0.400. The lowest BCUT2D eigenvalue weighted by Crippen LogP contribution is -2.13. The normalized spacial score (nSPS) is 13.6. The number of carbonyl (C=O) groups is 1. The van der Waals surface area contributed by atoms with Gasteiger partial charge in [0.1, 0.15) is 5.82 Å². The molecule has 1 aliphatic rings. The van der Waals surface area contributed by atoms with Gasteiger partial charge in [0.05, 0.1) is 5.69 Å². The maximum absolute atomic E-state index is 12.3. The Morgan fingerprint density at radius 3 is 2.81 bits per heavy atom. The lowest BCUT2D eigenvalue weighted by molar-refractivity contribution is 0.102. The van der Waals surface area contributed by atoms with Crippen LogP contribution >= 0.6 is 11.3 Å². The number of fused-ring (bicyclic) bond motifs is 1. The summed E-state index contributed by atoms with van der Waals surface area (Å²) in [5, 5.41) is 6.57. The Hall–Kier alpha value is -1.95. The molecule has 1 amide bonds. The summed E-state index contributed by atoms with van der Waals surface area (Å²) in [6.45, 7) is 1.87. The van der Waals surface area contributed by atoms with E-state index in [0.29, 0.717) is 16.5 Å². The minimum atomic E-state index is -0.136. The number of carbonyl (C=O) groups excluding carboxylic acids is 1. The number of hydrogen-bond donors (Lipinski definition) is 2. The number of aromatic nitrogens is 2. The van der Waals surface area contributed by atoms with Crippen LogP contribution in [0.15, 0.2) is 12.1 Å². The van der Waals surface area contributed by atoms with E-state index < -0.39 is 0 Å². The molecule has 2 heterocycles. The first-order valence-corrected chi connectivity index (χ1v) is 7.94. The van der Waals surface area contributed by atoms with Gasteiger partial charge in [-0.05, 0) is 44.7 Å². The maximum atomic E-state index is 12.3. The molecule has 0 saturated carbocycles. The van der Waals surface area contributed by atoms with Crippen molar-refractivity contribution in [2.75, 3.05) is 17.7 Å². The molecule has 110 valence electrons. The lowest BCUT2D eigenvalue weighted by atomic mass is 10.0. The van der Waals surface area contributed by atoms with E-state index in [4.69, 9.17) is 0 Å². The smallest absolute Gasteiger partial charge is 0.257 e. The molecule has 2 aromatic heterocycles. The summed E-state index contributed by atoms with van der Waals surface area (Å²) in [5.74, 6) is 0.557. The molecule has 0 radical (unpaired) electrons. The van der Waals surface area contributed by atoms with Gasteiger partial charge in [0.2, 0.25) is 0 Å². The van der Waals surface area contributed by atoms with Gasteiger partial charge >= 0.3 is 0 Å². The first kappa shape index (κ1) is 14.0. The Morgan fingerprint density at radius 1 is 1.24 bits per heavy atom. The number of nitrogens with zero attached hydrogens (tertiary/aromatic N) is 2. The fourth-order valence-electron chi connectivity index (χ4n) is 2.50. The summed E-state index contributed by atoms with van der Waals surface area (Å²) in [5.41, 5.74) is 2.56. The zero-order valence-electron chi connectivity index (χ0n) is 12.2. The van der Waals surface area contributed by atoms with Crippen molar-refractivity contribution in [1.82, 2.24) is 9.97 Å². The molecule has 0 fully saturated rings. The number of pyridine rings is 1. The van der Waals surface area contributed by atoms with Gasteiger partial charge in [0.15, 0.2) is 5.13 Å². The van der Waals surface area contributed by atoms with E-state index in [1.165, 1.54) is 17.7 Å². The minimum Gasteiger partial charge on any atom is -0.373 e.